The first-order chi connectivity index (χ1) is 12.3. The Kier molecular flexibility index (Phi) is 5.34. The summed E-state index contributed by atoms with van der Waals surface area (Å²) in [5, 5.41) is 13.3. The third-order valence-electron chi connectivity index (χ3n) is 3.93. The van der Waals surface area contributed by atoms with Crippen molar-refractivity contribution in [3.05, 3.63) is 64.2 Å². The van der Waals surface area contributed by atoms with Gasteiger partial charge in [-0.05, 0) is 53.8 Å². The van der Waals surface area contributed by atoms with Crippen molar-refractivity contribution in [2.75, 3.05) is 5.88 Å². The molecule has 0 amide bonds. The van der Waals surface area contributed by atoms with Gasteiger partial charge in [0.2, 0.25) is 9.84 Å². The smallest absolute Gasteiger partial charge is 0.335 e. The van der Waals surface area contributed by atoms with Gasteiger partial charge in [-0.15, -0.1) is 11.3 Å². The number of carboxylic acids is 1. The van der Waals surface area contributed by atoms with Gasteiger partial charge in [0.1, 0.15) is 10.1 Å². The molecule has 1 aromatic heterocycles. The number of sulfone groups is 1. The first kappa shape index (κ1) is 18.8. The Labute approximate surface area is 160 Å². The molecule has 2 N–H and O–H groups in total. The zero-order chi connectivity index (χ0) is 18.9. The van der Waals surface area contributed by atoms with Crippen molar-refractivity contribution in [2.45, 2.75) is 17.7 Å². The number of aryl methyl sites for hydroxylation is 1. The highest BCUT2D eigenvalue weighted by Gasteiger charge is 2.21. The summed E-state index contributed by atoms with van der Waals surface area (Å²) in [5.41, 5.74) is 1.58. The van der Waals surface area contributed by atoms with E-state index in [-0.39, 0.29) is 18.0 Å². The number of benzene rings is 2. The molecule has 0 radical (unpaired) electrons. The highest BCUT2D eigenvalue weighted by Crippen LogP contribution is 2.35. The molecule has 26 heavy (non-hydrogen) atoms. The number of carboxylic acid groups (broad SMARTS) is 1. The maximum atomic E-state index is 12.7. The van der Waals surface area contributed by atoms with Gasteiger partial charge in [0.05, 0.1) is 5.56 Å². The summed E-state index contributed by atoms with van der Waals surface area (Å²) in [4.78, 5) is 11.0. The largest absolute Gasteiger partial charge is 0.478 e. The molecule has 0 spiro atoms. The highest BCUT2D eigenvalue weighted by molar-refractivity contribution is 7.93. The number of carbonyl (C=O) groups is 1. The lowest BCUT2D eigenvalue weighted by atomic mass is 10.1. The maximum absolute atomic E-state index is 12.7. The van der Waals surface area contributed by atoms with Gasteiger partial charge >= 0.3 is 5.97 Å². The van der Waals surface area contributed by atoms with E-state index < -0.39 is 15.8 Å². The molecule has 0 fully saturated rings. The van der Waals surface area contributed by atoms with E-state index in [9.17, 15) is 13.2 Å². The van der Waals surface area contributed by atoms with E-state index in [2.05, 4.69) is 5.32 Å². The third-order valence-corrected chi connectivity index (χ3v) is 7.70. The molecule has 1 heterocycles. The first-order valence-corrected chi connectivity index (χ1v) is 10.6. The normalized spacial score (nSPS) is 11.8. The molecular formula is C18H16ClNO4S2. The zero-order valence-electron chi connectivity index (χ0n) is 13.8. The molecule has 0 atom stereocenters. The van der Waals surface area contributed by atoms with Crippen molar-refractivity contribution in [1.82, 2.24) is 5.32 Å². The van der Waals surface area contributed by atoms with Crippen molar-refractivity contribution in [2.24, 2.45) is 0 Å². The summed E-state index contributed by atoms with van der Waals surface area (Å²) < 4.78 is 26.6. The van der Waals surface area contributed by atoms with E-state index in [1.807, 2.05) is 6.07 Å². The Bertz CT molecular complexity index is 1090. The standard InChI is InChI=1S/C18H16ClNO4S2/c1-11-15-8-14(19)5-6-16(15)25-18(11)26(23,24)10-20-9-12-3-2-4-13(7-12)17(21)22/h2-8,20H,9-10H2,1H3,(H,21,22). The van der Waals surface area contributed by atoms with Crippen LogP contribution in [0.3, 0.4) is 0 Å². The second-order valence-electron chi connectivity index (χ2n) is 5.85. The molecule has 8 heteroatoms. The fraction of sp³-hybridized carbons (Fsp3) is 0.167. The van der Waals surface area contributed by atoms with Crippen LogP contribution in [0.25, 0.3) is 10.1 Å². The van der Waals surface area contributed by atoms with Crippen LogP contribution in [0.2, 0.25) is 5.02 Å². The van der Waals surface area contributed by atoms with Gasteiger partial charge in [-0.1, -0.05) is 23.7 Å². The van der Waals surface area contributed by atoms with Crippen molar-refractivity contribution in [1.29, 1.82) is 0 Å². The molecule has 5 nitrogen and oxygen atoms in total. The lowest BCUT2D eigenvalue weighted by Gasteiger charge is -2.07. The summed E-state index contributed by atoms with van der Waals surface area (Å²) >= 11 is 7.23. The van der Waals surface area contributed by atoms with Crippen LogP contribution in [-0.4, -0.2) is 25.4 Å². The second kappa shape index (κ2) is 7.36. The Hall–Kier alpha value is -1.93. The number of aromatic carboxylic acids is 1. The summed E-state index contributed by atoms with van der Waals surface area (Å²) in [5.74, 6) is -1.25. The Morgan fingerprint density at radius 3 is 2.73 bits per heavy atom. The molecule has 2 aromatic carbocycles. The Morgan fingerprint density at radius 2 is 2.00 bits per heavy atom. The lowest BCUT2D eigenvalue weighted by molar-refractivity contribution is 0.0696. The molecule has 0 aliphatic carbocycles. The maximum Gasteiger partial charge on any atom is 0.335 e. The quantitative estimate of drug-likeness (QED) is 0.640. The van der Waals surface area contributed by atoms with Crippen LogP contribution in [0.5, 0.6) is 0 Å². The highest BCUT2D eigenvalue weighted by atomic mass is 35.5. The number of nitrogens with one attached hydrogen (secondary N) is 1. The minimum atomic E-state index is -3.51. The molecule has 0 saturated carbocycles. The molecule has 0 unspecified atom stereocenters. The minimum Gasteiger partial charge on any atom is -0.478 e. The van der Waals surface area contributed by atoms with Crippen LogP contribution in [0.4, 0.5) is 0 Å². The predicted molar refractivity (Wildman–Crippen MR) is 104 cm³/mol. The summed E-state index contributed by atoms with van der Waals surface area (Å²) in [6.07, 6.45) is 0. The van der Waals surface area contributed by atoms with E-state index in [4.69, 9.17) is 16.7 Å². The Morgan fingerprint density at radius 1 is 1.23 bits per heavy atom. The van der Waals surface area contributed by atoms with Gasteiger partial charge in [0.15, 0.2) is 0 Å². The number of thiophene rings is 1. The average molecular weight is 410 g/mol. The van der Waals surface area contributed by atoms with Crippen molar-refractivity contribution in [3.63, 3.8) is 0 Å². The second-order valence-corrected chi connectivity index (χ2v) is 9.52. The van der Waals surface area contributed by atoms with Gasteiger partial charge in [-0.3, -0.25) is 5.32 Å². The van der Waals surface area contributed by atoms with Crippen LogP contribution >= 0.6 is 22.9 Å². The fourth-order valence-corrected chi connectivity index (χ4v) is 5.80. The summed E-state index contributed by atoms with van der Waals surface area (Å²) in [7, 11) is -3.51. The van der Waals surface area contributed by atoms with E-state index in [0.717, 1.165) is 10.1 Å². The summed E-state index contributed by atoms with van der Waals surface area (Å²) in [6.45, 7) is 2.04. The van der Waals surface area contributed by atoms with Gasteiger partial charge < -0.3 is 5.11 Å². The summed E-state index contributed by atoms with van der Waals surface area (Å²) in [6, 6.07) is 11.7. The molecule has 0 bridgehead atoms. The minimum absolute atomic E-state index is 0.171. The number of rotatable bonds is 6. The van der Waals surface area contributed by atoms with Gasteiger partial charge in [0, 0.05) is 16.3 Å². The number of halogens is 1. The van der Waals surface area contributed by atoms with Crippen LogP contribution in [-0.2, 0) is 16.4 Å². The van der Waals surface area contributed by atoms with Crippen LogP contribution in [0.15, 0.2) is 46.7 Å². The predicted octanol–water partition coefficient (Wildman–Crippen LogP) is 4.08. The molecule has 3 aromatic rings. The van der Waals surface area contributed by atoms with Gasteiger partial charge in [-0.2, -0.15) is 0 Å². The van der Waals surface area contributed by atoms with E-state index in [1.165, 1.54) is 23.5 Å². The van der Waals surface area contributed by atoms with Crippen molar-refractivity contribution < 1.29 is 18.3 Å². The SMILES string of the molecule is Cc1c(S(=O)(=O)CNCc2cccc(C(=O)O)c2)sc2ccc(Cl)cc12. The molecule has 0 aliphatic heterocycles. The third kappa shape index (κ3) is 3.91. The number of fused-ring (bicyclic) bond motifs is 1. The monoisotopic (exact) mass is 409 g/mol. The zero-order valence-corrected chi connectivity index (χ0v) is 16.2. The first-order valence-electron chi connectivity index (χ1n) is 7.72. The molecule has 3 rings (SSSR count). The number of hydrogen-bond donors (Lipinski definition) is 2. The fourth-order valence-electron chi connectivity index (χ4n) is 2.68. The Balaban J connectivity index is 1.76. The van der Waals surface area contributed by atoms with Gasteiger partial charge in [0.25, 0.3) is 0 Å². The van der Waals surface area contributed by atoms with E-state index in [1.54, 1.807) is 31.2 Å². The van der Waals surface area contributed by atoms with Crippen LogP contribution in [0.1, 0.15) is 21.5 Å². The molecule has 0 aliphatic rings. The van der Waals surface area contributed by atoms with Crippen molar-refractivity contribution >= 4 is 48.8 Å². The molecular weight excluding hydrogens is 394 g/mol. The topological polar surface area (TPSA) is 83.5 Å². The van der Waals surface area contributed by atoms with Crippen molar-refractivity contribution in [3.8, 4) is 0 Å². The molecule has 136 valence electrons. The van der Waals surface area contributed by atoms with E-state index in [0.29, 0.717) is 20.4 Å². The van der Waals surface area contributed by atoms with Crippen LogP contribution < -0.4 is 5.32 Å². The van der Waals surface area contributed by atoms with Crippen LogP contribution in [0, 0.1) is 6.92 Å². The van der Waals surface area contributed by atoms with Gasteiger partial charge in [-0.25, -0.2) is 13.2 Å². The van der Waals surface area contributed by atoms with E-state index >= 15 is 0 Å². The average Bonchev–Trinajstić information content (AvgIpc) is 2.92. The number of hydrogen-bond acceptors (Lipinski definition) is 5. The lowest BCUT2D eigenvalue weighted by Crippen LogP contribution is -2.23. The molecule has 0 saturated heterocycles.